The smallest absolute Gasteiger partial charge is 0.244 e. The van der Waals surface area contributed by atoms with Gasteiger partial charge in [0, 0.05) is 11.3 Å². The van der Waals surface area contributed by atoms with Crippen molar-refractivity contribution in [2.45, 2.75) is 62.9 Å². The van der Waals surface area contributed by atoms with E-state index in [9.17, 15) is 4.79 Å². The molecule has 0 aromatic heterocycles. The van der Waals surface area contributed by atoms with Crippen LogP contribution in [0, 0.1) is 0 Å². The third-order valence-corrected chi connectivity index (χ3v) is 5.14. The highest BCUT2D eigenvalue weighted by Crippen LogP contribution is 2.43. The molecule has 2 rings (SSSR count). The molecule has 1 heterocycles. The van der Waals surface area contributed by atoms with Crippen molar-refractivity contribution in [1.82, 2.24) is 10.2 Å². The lowest BCUT2D eigenvalue weighted by molar-refractivity contribution is -0.131. The summed E-state index contributed by atoms with van der Waals surface area (Å²) in [6.07, 6.45) is 6.64. The highest BCUT2D eigenvalue weighted by molar-refractivity contribution is 7.99. The molecule has 0 aromatic rings. The van der Waals surface area contributed by atoms with Crippen LogP contribution < -0.4 is 5.32 Å². The Morgan fingerprint density at radius 1 is 1.53 bits per heavy atom. The van der Waals surface area contributed by atoms with Gasteiger partial charge >= 0.3 is 0 Å². The average molecular weight is 256 g/mol. The summed E-state index contributed by atoms with van der Waals surface area (Å²) in [5.74, 6) is 0.345. The van der Waals surface area contributed by atoms with E-state index in [0.717, 1.165) is 32.2 Å². The number of hydrogen-bond donors (Lipinski definition) is 1. The van der Waals surface area contributed by atoms with Gasteiger partial charge in [0.1, 0.15) is 0 Å². The van der Waals surface area contributed by atoms with Crippen LogP contribution in [0.1, 0.15) is 46.5 Å². The number of hydrogen-bond acceptors (Lipinski definition) is 3. The Kier molecular flexibility index (Phi) is 3.47. The van der Waals surface area contributed by atoms with Gasteiger partial charge in [-0.25, -0.2) is 0 Å². The lowest BCUT2D eigenvalue weighted by Gasteiger charge is -2.32. The molecule has 0 aromatic carbocycles. The van der Waals surface area contributed by atoms with Crippen LogP contribution in [0.4, 0.5) is 0 Å². The van der Waals surface area contributed by atoms with E-state index in [4.69, 9.17) is 0 Å². The maximum Gasteiger partial charge on any atom is 0.244 e. The molecule has 1 atom stereocenters. The summed E-state index contributed by atoms with van der Waals surface area (Å²) in [7, 11) is 0. The first-order valence-corrected chi connectivity index (χ1v) is 7.80. The highest BCUT2D eigenvalue weighted by atomic mass is 32.2. The van der Waals surface area contributed by atoms with Gasteiger partial charge in [-0.1, -0.05) is 13.3 Å². The molecule has 1 saturated heterocycles. The Bertz CT molecular complexity index is 313. The van der Waals surface area contributed by atoms with E-state index < -0.39 is 0 Å². The van der Waals surface area contributed by atoms with Crippen LogP contribution in [-0.2, 0) is 4.79 Å². The van der Waals surface area contributed by atoms with E-state index in [1.165, 1.54) is 0 Å². The van der Waals surface area contributed by atoms with Crippen molar-refractivity contribution in [3.63, 3.8) is 0 Å². The number of carbonyl (C=O) groups excluding carboxylic acids is 1. The molecule has 17 heavy (non-hydrogen) atoms. The first-order valence-electron chi connectivity index (χ1n) is 6.58. The minimum Gasteiger partial charge on any atom is -0.324 e. The van der Waals surface area contributed by atoms with Crippen molar-refractivity contribution >= 4 is 17.7 Å². The molecule has 0 radical (unpaired) electrons. The van der Waals surface area contributed by atoms with Crippen LogP contribution in [0.25, 0.3) is 0 Å². The van der Waals surface area contributed by atoms with Crippen molar-refractivity contribution in [2.75, 3.05) is 12.8 Å². The van der Waals surface area contributed by atoms with E-state index in [0.29, 0.717) is 5.91 Å². The molecular weight excluding hydrogens is 232 g/mol. The predicted octanol–water partition coefficient (Wildman–Crippen LogP) is 2.22. The third-order valence-electron chi connectivity index (χ3n) is 3.91. The zero-order valence-electron chi connectivity index (χ0n) is 11.4. The monoisotopic (exact) mass is 256 g/mol. The maximum absolute atomic E-state index is 12.4. The first kappa shape index (κ1) is 13.2. The molecule has 98 valence electrons. The third kappa shape index (κ3) is 2.48. The number of nitrogens with one attached hydrogen (secondary N) is 1. The van der Waals surface area contributed by atoms with Gasteiger partial charge in [0.05, 0.1) is 11.7 Å². The summed E-state index contributed by atoms with van der Waals surface area (Å²) in [6.45, 7) is 7.46. The quantitative estimate of drug-likeness (QED) is 0.818. The van der Waals surface area contributed by atoms with Crippen LogP contribution in [-0.4, -0.2) is 40.1 Å². The van der Waals surface area contributed by atoms with E-state index in [-0.39, 0.29) is 16.5 Å². The van der Waals surface area contributed by atoms with E-state index >= 15 is 0 Å². The van der Waals surface area contributed by atoms with E-state index in [1.54, 1.807) is 0 Å². The Labute approximate surface area is 109 Å². The molecule has 4 heteroatoms. The Hall–Kier alpha value is -0.220. The lowest BCUT2D eigenvalue weighted by atomic mass is 10.1. The molecule has 0 bridgehead atoms. The minimum atomic E-state index is -0.158. The van der Waals surface area contributed by atoms with Crippen molar-refractivity contribution in [1.29, 1.82) is 0 Å². The molecule has 1 aliphatic heterocycles. The average Bonchev–Trinajstić information content (AvgIpc) is 3.01. The lowest BCUT2D eigenvalue weighted by Crippen LogP contribution is -2.44. The summed E-state index contributed by atoms with van der Waals surface area (Å²) in [6, 6.07) is 0. The molecule has 1 N–H and O–H groups in total. The summed E-state index contributed by atoms with van der Waals surface area (Å²) in [5, 5.41) is 3.56. The van der Waals surface area contributed by atoms with Crippen molar-refractivity contribution in [2.24, 2.45) is 0 Å². The zero-order chi connectivity index (χ0) is 12.7. The van der Waals surface area contributed by atoms with E-state index in [2.05, 4.69) is 37.2 Å². The van der Waals surface area contributed by atoms with Crippen LogP contribution in [0.5, 0.6) is 0 Å². The number of thioether (sulfide) groups is 1. The molecule has 1 spiro atoms. The van der Waals surface area contributed by atoms with Gasteiger partial charge in [0.2, 0.25) is 5.91 Å². The molecule has 1 saturated carbocycles. The summed E-state index contributed by atoms with van der Waals surface area (Å²) in [5.41, 5.74) is -0.158. The Morgan fingerprint density at radius 3 is 2.65 bits per heavy atom. The maximum atomic E-state index is 12.4. The second-order valence-electron chi connectivity index (χ2n) is 5.93. The van der Waals surface area contributed by atoms with Gasteiger partial charge in [-0.2, -0.15) is 11.8 Å². The van der Waals surface area contributed by atoms with Crippen molar-refractivity contribution in [3.05, 3.63) is 0 Å². The fraction of sp³-hybridized carbons (Fsp3) is 0.923. The molecule has 1 amide bonds. The molecule has 3 nitrogen and oxygen atoms in total. The van der Waals surface area contributed by atoms with Crippen LogP contribution in [0.3, 0.4) is 0 Å². The topological polar surface area (TPSA) is 32.3 Å². The highest BCUT2D eigenvalue weighted by Gasteiger charge is 2.59. The molecule has 1 aliphatic carbocycles. The number of rotatable bonds is 5. The SMILES string of the molecule is CCCC1NC2(CC2)C(=O)N1CC(C)(C)SC. The summed E-state index contributed by atoms with van der Waals surface area (Å²) >= 11 is 1.83. The zero-order valence-corrected chi connectivity index (χ0v) is 12.2. The van der Waals surface area contributed by atoms with Crippen molar-refractivity contribution in [3.8, 4) is 0 Å². The number of amides is 1. The minimum absolute atomic E-state index is 0.143. The van der Waals surface area contributed by atoms with Gasteiger partial charge in [-0.05, 0) is 39.4 Å². The standard InChI is InChI=1S/C13H24N2OS/c1-5-6-10-14-13(7-8-13)11(16)15(10)9-12(2,3)17-4/h10,14H,5-9H2,1-4H3. The molecule has 2 fully saturated rings. The summed E-state index contributed by atoms with van der Waals surface area (Å²) in [4.78, 5) is 14.5. The Balaban J connectivity index is 2.09. The molecule has 2 aliphatic rings. The molecular formula is C13H24N2OS. The second kappa shape index (κ2) is 4.47. The largest absolute Gasteiger partial charge is 0.324 e. The fourth-order valence-corrected chi connectivity index (χ4v) is 2.78. The fourth-order valence-electron chi connectivity index (χ4n) is 2.52. The second-order valence-corrected chi connectivity index (χ2v) is 7.44. The van der Waals surface area contributed by atoms with Gasteiger partial charge in [0.15, 0.2) is 0 Å². The van der Waals surface area contributed by atoms with E-state index in [1.807, 2.05) is 11.8 Å². The summed E-state index contributed by atoms with van der Waals surface area (Å²) < 4.78 is 0.143. The number of nitrogens with zero attached hydrogens (tertiary/aromatic N) is 1. The van der Waals surface area contributed by atoms with Gasteiger partial charge in [-0.15, -0.1) is 0 Å². The van der Waals surface area contributed by atoms with Crippen molar-refractivity contribution < 1.29 is 4.79 Å². The number of carbonyl (C=O) groups is 1. The predicted molar refractivity (Wildman–Crippen MR) is 73.1 cm³/mol. The molecule has 1 unspecified atom stereocenters. The van der Waals surface area contributed by atoms with Gasteiger partial charge in [0.25, 0.3) is 0 Å². The van der Waals surface area contributed by atoms with Crippen LogP contribution >= 0.6 is 11.8 Å². The Morgan fingerprint density at radius 2 is 2.18 bits per heavy atom. The first-order chi connectivity index (χ1) is 7.94. The normalized spacial score (nSPS) is 26.9. The van der Waals surface area contributed by atoms with Crippen LogP contribution in [0.15, 0.2) is 0 Å². The van der Waals surface area contributed by atoms with Gasteiger partial charge in [-0.3, -0.25) is 10.1 Å². The van der Waals surface area contributed by atoms with Crippen LogP contribution in [0.2, 0.25) is 0 Å². The van der Waals surface area contributed by atoms with Gasteiger partial charge < -0.3 is 4.90 Å².